The van der Waals surface area contributed by atoms with Crippen molar-refractivity contribution in [2.75, 3.05) is 12.8 Å². The minimum atomic E-state index is -0.277. The molecule has 5 heteroatoms. The molecule has 0 fully saturated rings. The van der Waals surface area contributed by atoms with Crippen molar-refractivity contribution in [2.24, 2.45) is 0 Å². The number of ether oxygens (including phenoxy) is 1. The predicted octanol–water partition coefficient (Wildman–Crippen LogP) is 2.82. The summed E-state index contributed by atoms with van der Waals surface area (Å²) in [6.07, 6.45) is 0.223. The van der Waals surface area contributed by atoms with Crippen LogP contribution < -0.4 is 5.73 Å². The molecule has 15 heavy (non-hydrogen) atoms. The number of benzene rings is 1. The maximum Gasteiger partial charge on any atom is 0.310 e. The summed E-state index contributed by atoms with van der Waals surface area (Å²) >= 11 is 6.74. The van der Waals surface area contributed by atoms with E-state index < -0.39 is 0 Å². The van der Waals surface area contributed by atoms with Gasteiger partial charge in [0, 0.05) is 14.6 Å². The molecule has 1 rings (SSSR count). The lowest BCUT2D eigenvalue weighted by Gasteiger charge is -2.11. The minimum absolute atomic E-state index is 0.223. The molecule has 0 aliphatic rings. The molecule has 0 atom stereocenters. The van der Waals surface area contributed by atoms with Gasteiger partial charge in [0.25, 0.3) is 0 Å². The lowest BCUT2D eigenvalue weighted by Crippen LogP contribution is -2.08. The smallest absolute Gasteiger partial charge is 0.310 e. The molecular weight excluding hydrogens is 326 g/mol. The largest absolute Gasteiger partial charge is 0.469 e. The van der Waals surface area contributed by atoms with E-state index in [0.717, 1.165) is 20.1 Å². The number of halogens is 2. The third kappa shape index (κ3) is 2.72. The highest BCUT2D eigenvalue weighted by Crippen LogP contribution is 2.32. The van der Waals surface area contributed by atoms with Gasteiger partial charge < -0.3 is 10.5 Å². The van der Waals surface area contributed by atoms with Gasteiger partial charge in [-0.15, -0.1) is 0 Å². The molecule has 0 spiro atoms. The van der Waals surface area contributed by atoms with Crippen molar-refractivity contribution in [1.29, 1.82) is 0 Å². The summed E-state index contributed by atoms with van der Waals surface area (Å²) in [4.78, 5) is 11.2. The lowest BCUT2D eigenvalue weighted by atomic mass is 10.0. The van der Waals surface area contributed by atoms with Gasteiger partial charge in [-0.25, -0.2) is 0 Å². The van der Waals surface area contributed by atoms with Crippen LogP contribution in [0.4, 0.5) is 5.69 Å². The number of hydrogen-bond donors (Lipinski definition) is 1. The summed E-state index contributed by atoms with van der Waals surface area (Å²) in [7, 11) is 1.37. The van der Waals surface area contributed by atoms with E-state index in [1.165, 1.54) is 7.11 Å². The number of nitrogen functional groups attached to an aromatic ring is 1. The third-order valence-electron chi connectivity index (χ3n) is 2.20. The molecule has 1 aromatic carbocycles. The standard InChI is InChI=1S/C10H11Br2NO2/c1-5-6(3-9(14)15-2)7(11)4-8(12)10(5)13/h4H,3,13H2,1-2H3. The summed E-state index contributed by atoms with van der Waals surface area (Å²) in [5, 5.41) is 0. The minimum Gasteiger partial charge on any atom is -0.469 e. The highest BCUT2D eigenvalue weighted by Gasteiger charge is 2.13. The number of hydrogen-bond acceptors (Lipinski definition) is 3. The van der Waals surface area contributed by atoms with Crippen LogP contribution in [-0.2, 0) is 16.0 Å². The van der Waals surface area contributed by atoms with Crippen LogP contribution >= 0.6 is 31.9 Å². The normalized spacial score (nSPS) is 10.1. The molecule has 0 aliphatic carbocycles. The van der Waals surface area contributed by atoms with Crippen molar-refractivity contribution in [1.82, 2.24) is 0 Å². The first-order chi connectivity index (χ1) is 6.97. The zero-order chi connectivity index (χ0) is 11.6. The van der Waals surface area contributed by atoms with Crippen molar-refractivity contribution in [2.45, 2.75) is 13.3 Å². The molecule has 3 nitrogen and oxygen atoms in total. The van der Waals surface area contributed by atoms with Crippen molar-refractivity contribution in [3.05, 3.63) is 26.1 Å². The van der Waals surface area contributed by atoms with Crippen molar-refractivity contribution < 1.29 is 9.53 Å². The van der Waals surface area contributed by atoms with E-state index in [4.69, 9.17) is 5.73 Å². The summed E-state index contributed by atoms with van der Waals surface area (Å²) in [6.45, 7) is 1.88. The molecule has 0 unspecified atom stereocenters. The van der Waals surface area contributed by atoms with Crippen LogP contribution in [0.2, 0.25) is 0 Å². The molecule has 1 aromatic rings. The van der Waals surface area contributed by atoms with Gasteiger partial charge >= 0.3 is 5.97 Å². The second kappa shape index (κ2) is 4.99. The molecule has 0 saturated heterocycles. The first-order valence-electron chi connectivity index (χ1n) is 4.27. The SMILES string of the molecule is COC(=O)Cc1c(Br)cc(Br)c(N)c1C. The van der Waals surface area contributed by atoms with Gasteiger partial charge in [-0.3, -0.25) is 4.79 Å². The van der Waals surface area contributed by atoms with Gasteiger partial charge in [0.15, 0.2) is 0 Å². The maximum atomic E-state index is 11.2. The van der Waals surface area contributed by atoms with Crippen LogP contribution in [0.3, 0.4) is 0 Å². The molecule has 0 heterocycles. The van der Waals surface area contributed by atoms with E-state index in [-0.39, 0.29) is 12.4 Å². The number of nitrogens with two attached hydrogens (primary N) is 1. The van der Waals surface area contributed by atoms with Crippen LogP contribution in [0, 0.1) is 6.92 Å². The van der Waals surface area contributed by atoms with Crippen molar-refractivity contribution >= 4 is 43.5 Å². The molecule has 0 amide bonds. The van der Waals surface area contributed by atoms with E-state index >= 15 is 0 Å². The summed E-state index contributed by atoms with van der Waals surface area (Å²) in [5.74, 6) is -0.277. The van der Waals surface area contributed by atoms with Gasteiger partial charge in [-0.2, -0.15) is 0 Å². The number of esters is 1. The monoisotopic (exact) mass is 335 g/mol. The molecule has 2 N–H and O–H groups in total. The maximum absolute atomic E-state index is 11.2. The zero-order valence-corrected chi connectivity index (χ0v) is 11.6. The Hall–Kier alpha value is -0.550. The number of carbonyl (C=O) groups excluding carboxylic acids is 1. The van der Waals surface area contributed by atoms with E-state index in [2.05, 4.69) is 36.6 Å². The van der Waals surface area contributed by atoms with Crippen LogP contribution in [-0.4, -0.2) is 13.1 Å². The van der Waals surface area contributed by atoms with Crippen molar-refractivity contribution in [3.8, 4) is 0 Å². The average molecular weight is 337 g/mol. The van der Waals surface area contributed by atoms with Crippen molar-refractivity contribution in [3.63, 3.8) is 0 Å². The highest BCUT2D eigenvalue weighted by atomic mass is 79.9. The fourth-order valence-corrected chi connectivity index (χ4v) is 2.73. The topological polar surface area (TPSA) is 52.3 Å². The number of rotatable bonds is 2. The molecule has 0 aromatic heterocycles. The Labute approximate surface area is 105 Å². The number of methoxy groups -OCH3 is 1. The number of carbonyl (C=O) groups is 1. The van der Waals surface area contributed by atoms with Gasteiger partial charge in [0.1, 0.15) is 0 Å². The third-order valence-corrected chi connectivity index (χ3v) is 3.57. The lowest BCUT2D eigenvalue weighted by molar-refractivity contribution is -0.139. The van der Waals surface area contributed by atoms with Crippen LogP contribution in [0.1, 0.15) is 11.1 Å². The fraction of sp³-hybridized carbons (Fsp3) is 0.300. The Bertz CT molecular complexity index is 405. The van der Waals surface area contributed by atoms with E-state index in [1.54, 1.807) is 0 Å². The summed E-state index contributed by atoms with van der Waals surface area (Å²) in [6, 6.07) is 1.83. The first kappa shape index (κ1) is 12.5. The zero-order valence-electron chi connectivity index (χ0n) is 8.43. The van der Waals surface area contributed by atoms with Crippen LogP contribution in [0.15, 0.2) is 15.0 Å². The molecule has 0 radical (unpaired) electrons. The second-order valence-corrected chi connectivity index (χ2v) is 4.82. The fourth-order valence-electron chi connectivity index (χ4n) is 1.23. The Kier molecular flexibility index (Phi) is 4.16. The Morgan fingerprint density at radius 1 is 1.47 bits per heavy atom. The first-order valence-corrected chi connectivity index (χ1v) is 5.85. The Morgan fingerprint density at radius 3 is 2.60 bits per heavy atom. The van der Waals surface area contributed by atoms with Gasteiger partial charge in [-0.05, 0) is 40.0 Å². The summed E-state index contributed by atoms with van der Waals surface area (Å²) in [5.41, 5.74) is 8.25. The Balaban J connectivity index is 3.18. The molecular formula is C10H11Br2NO2. The van der Waals surface area contributed by atoms with Gasteiger partial charge in [0.2, 0.25) is 0 Å². The Morgan fingerprint density at radius 2 is 2.07 bits per heavy atom. The summed E-state index contributed by atoms with van der Waals surface area (Å²) < 4.78 is 6.30. The molecule has 82 valence electrons. The molecule has 0 saturated carbocycles. The second-order valence-electron chi connectivity index (χ2n) is 3.11. The predicted molar refractivity (Wildman–Crippen MR) is 66.7 cm³/mol. The van der Waals surface area contributed by atoms with E-state index in [0.29, 0.717) is 5.69 Å². The highest BCUT2D eigenvalue weighted by molar-refractivity contribution is 9.11. The van der Waals surface area contributed by atoms with Crippen LogP contribution in [0.25, 0.3) is 0 Å². The average Bonchev–Trinajstić information content (AvgIpc) is 2.21. The van der Waals surface area contributed by atoms with Gasteiger partial charge in [-0.1, -0.05) is 15.9 Å². The number of anilines is 1. The van der Waals surface area contributed by atoms with E-state index in [9.17, 15) is 4.79 Å². The van der Waals surface area contributed by atoms with E-state index in [1.807, 2.05) is 13.0 Å². The molecule has 0 bridgehead atoms. The van der Waals surface area contributed by atoms with Gasteiger partial charge in [0.05, 0.1) is 13.5 Å². The molecule has 0 aliphatic heterocycles. The van der Waals surface area contributed by atoms with Crippen LogP contribution in [0.5, 0.6) is 0 Å². The quantitative estimate of drug-likeness (QED) is 0.667.